The molecule has 1 spiro atoms. The lowest BCUT2D eigenvalue weighted by atomic mass is 9.80. The number of carbonyl (C=O) groups excluding carboxylic acids is 2. The molecule has 2 aromatic carbocycles. The molecule has 29 heavy (non-hydrogen) atoms. The number of benzene rings is 2. The molecule has 0 aromatic heterocycles. The summed E-state index contributed by atoms with van der Waals surface area (Å²) in [6.07, 6.45) is 2.86. The van der Waals surface area contributed by atoms with Crippen LogP contribution in [0.4, 0.5) is 10.1 Å². The molecule has 2 amide bonds. The Kier molecular flexibility index (Phi) is 4.38. The molecule has 1 unspecified atom stereocenters. The van der Waals surface area contributed by atoms with Gasteiger partial charge in [0.15, 0.2) is 0 Å². The van der Waals surface area contributed by atoms with E-state index in [2.05, 4.69) is 10.2 Å². The minimum atomic E-state index is -1.65. The highest BCUT2D eigenvalue weighted by molar-refractivity contribution is 6.25. The van der Waals surface area contributed by atoms with Crippen molar-refractivity contribution in [3.63, 3.8) is 0 Å². The smallest absolute Gasteiger partial charge is 0.269 e. The number of hydrogen-bond donors (Lipinski definition) is 0. The number of nitrogens with zero attached hydrogens (tertiary/aromatic N) is 4. The van der Waals surface area contributed by atoms with Crippen molar-refractivity contribution in [2.24, 2.45) is 10.2 Å². The molecular formula is C22H19FN4O2. The maximum Gasteiger partial charge on any atom is 0.286 e. The molecule has 7 heteroatoms. The summed E-state index contributed by atoms with van der Waals surface area (Å²) in [6, 6.07) is 13.0. The number of anilines is 1. The van der Waals surface area contributed by atoms with E-state index in [4.69, 9.17) is 0 Å². The topological polar surface area (TPSA) is 65.3 Å². The molecular weight excluding hydrogens is 371 g/mol. The lowest BCUT2D eigenvalue weighted by molar-refractivity contribution is -0.139. The van der Waals surface area contributed by atoms with Crippen LogP contribution in [0, 0.1) is 5.82 Å². The van der Waals surface area contributed by atoms with E-state index in [0.717, 1.165) is 10.6 Å². The number of rotatable bonds is 2. The lowest BCUT2D eigenvalue weighted by Crippen LogP contribution is -2.58. The maximum atomic E-state index is 14.2. The lowest BCUT2D eigenvalue weighted by Gasteiger charge is -2.39. The van der Waals surface area contributed by atoms with Crippen molar-refractivity contribution in [2.45, 2.75) is 26.3 Å². The summed E-state index contributed by atoms with van der Waals surface area (Å²) in [6.45, 7) is 5.21. The van der Waals surface area contributed by atoms with Gasteiger partial charge in [-0.15, -0.1) is 0 Å². The van der Waals surface area contributed by atoms with Gasteiger partial charge in [-0.2, -0.15) is 15.2 Å². The molecule has 4 rings (SSSR count). The Morgan fingerprint density at radius 2 is 1.86 bits per heavy atom. The third-order valence-electron chi connectivity index (χ3n) is 4.93. The molecule has 0 saturated heterocycles. The molecule has 146 valence electrons. The molecule has 0 aliphatic carbocycles. The van der Waals surface area contributed by atoms with Crippen molar-refractivity contribution >= 4 is 29.4 Å². The second-order valence-electron chi connectivity index (χ2n) is 7.20. The quantitative estimate of drug-likeness (QED) is 0.736. The van der Waals surface area contributed by atoms with Crippen LogP contribution in [0.5, 0.6) is 0 Å². The predicted molar refractivity (Wildman–Crippen MR) is 109 cm³/mol. The normalized spacial score (nSPS) is 20.0. The second kappa shape index (κ2) is 6.77. The molecule has 0 radical (unpaired) electrons. The summed E-state index contributed by atoms with van der Waals surface area (Å²) in [7, 11) is 0. The Labute approximate surface area is 167 Å². The SMILES string of the molecule is CC(C)=CC(=O)N1N=Cc2ccc(F)cc2C12C(=O)N(c1ccccc1)N=C2C. The zero-order valence-electron chi connectivity index (χ0n) is 16.3. The fourth-order valence-electron chi connectivity index (χ4n) is 3.68. The first-order chi connectivity index (χ1) is 13.9. The summed E-state index contributed by atoms with van der Waals surface area (Å²) >= 11 is 0. The molecule has 2 aliphatic rings. The van der Waals surface area contributed by atoms with Gasteiger partial charge in [0, 0.05) is 17.2 Å². The van der Waals surface area contributed by atoms with E-state index in [1.165, 1.54) is 29.4 Å². The van der Waals surface area contributed by atoms with Gasteiger partial charge in [0.05, 0.1) is 17.6 Å². The first kappa shape index (κ1) is 18.7. The van der Waals surface area contributed by atoms with Crippen molar-refractivity contribution in [3.8, 4) is 0 Å². The van der Waals surface area contributed by atoms with Crippen LogP contribution in [-0.2, 0) is 15.1 Å². The van der Waals surface area contributed by atoms with Crippen molar-refractivity contribution < 1.29 is 14.0 Å². The molecule has 0 fully saturated rings. The number of fused-ring (bicyclic) bond motifs is 2. The van der Waals surface area contributed by atoms with E-state index in [0.29, 0.717) is 22.5 Å². The number of allylic oxidation sites excluding steroid dienone is 1. The van der Waals surface area contributed by atoms with Crippen LogP contribution in [0.3, 0.4) is 0 Å². The fourth-order valence-corrected chi connectivity index (χ4v) is 3.68. The summed E-state index contributed by atoms with van der Waals surface area (Å²) in [5.41, 5.74) is 0.898. The Morgan fingerprint density at radius 3 is 2.55 bits per heavy atom. The van der Waals surface area contributed by atoms with Crippen LogP contribution in [0.1, 0.15) is 31.9 Å². The maximum absolute atomic E-state index is 14.2. The van der Waals surface area contributed by atoms with Crippen molar-refractivity contribution in [1.29, 1.82) is 0 Å². The van der Waals surface area contributed by atoms with Gasteiger partial charge in [-0.05, 0) is 45.0 Å². The van der Waals surface area contributed by atoms with E-state index in [9.17, 15) is 14.0 Å². The van der Waals surface area contributed by atoms with Gasteiger partial charge < -0.3 is 0 Å². The fraction of sp³-hybridized carbons (Fsp3) is 0.182. The van der Waals surface area contributed by atoms with Crippen LogP contribution >= 0.6 is 0 Å². The summed E-state index contributed by atoms with van der Waals surface area (Å²) in [5.74, 6) is -1.47. The Hall–Kier alpha value is -3.61. The van der Waals surface area contributed by atoms with E-state index in [-0.39, 0.29) is 0 Å². The minimum absolute atomic E-state index is 0.338. The highest BCUT2D eigenvalue weighted by atomic mass is 19.1. The molecule has 0 N–H and O–H groups in total. The van der Waals surface area contributed by atoms with Gasteiger partial charge in [0.25, 0.3) is 11.8 Å². The number of carbonyl (C=O) groups is 2. The Balaban J connectivity index is 1.96. The van der Waals surface area contributed by atoms with Crippen LogP contribution < -0.4 is 5.01 Å². The minimum Gasteiger partial charge on any atom is -0.269 e. The van der Waals surface area contributed by atoms with Gasteiger partial charge in [-0.3, -0.25) is 9.59 Å². The standard InChI is InChI=1S/C22H19FN4O2/c1-14(2)11-20(28)27-22(19-12-17(23)10-9-16(19)13-24-27)15(3)25-26(21(22)29)18-7-5-4-6-8-18/h4-13H,1-3H3. The average Bonchev–Trinajstić information content (AvgIpc) is 2.94. The van der Waals surface area contributed by atoms with E-state index in [1.54, 1.807) is 51.1 Å². The Morgan fingerprint density at radius 1 is 1.14 bits per heavy atom. The van der Waals surface area contributed by atoms with Gasteiger partial charge in [0.2, 0.25) is 5.54 Å². The summed E-state index contributed by atoms with van der Waals surface area (Å²) < 4.78 is 14.2. The van der Waals surface area contributed by atoms with Crippen LogP contribution in [0.15, 0.2) is 70.4 Å². The van der Waals surface area contributed by atoms with Crippen LogP contribution in [-0.4, -0.2) is 28.7 Å². The monoisotopic (exact) mass is 390 g/mol. The first-order valence-electron chi connectivity index (χ1n) is 9.14. The number of hydrogen-bond acceptors (Lipinski definition) is 4. The van der Waals surface area contributed by atoms with E-state index >= 15 is 0 Å². The highest BCUT2D eigenvalue weighted by Crippen LogP contribution is 2.42. The van der Waals surface area contributed by atoms with E-state index < -0.39 is 23.2 Å². The third-order valence-corrected chi connectivity index (χ3v) is 4.93. The second-order valence-corrected chi connectivity index (χ2v) is 7.20. The van der Waals surface area contributed by atoms with Gasteiger partial charge in [-0.1, -0.05) is 29.8 Å². The molecule has 2 aliphatic heterocycles. The zero-order valence-corrected chi connectivity index (χ0v) is 16.3. The number of halogens is 1. The van der Waals surface area contributed by atoms with Gasteiger partial charge in [0.1, 0.15) is 5.82 Å². The largest absolute Gasteiger partial charge is 0.286 e. The van der Waals surface area contributed by atoms with Crippen molar-refractivity contribution in [3.05, 3.63) is 77.1 Å². The highest BCUT2D eigenvalue weighted by Gasteiger charge is 2.59. The van der Waals surface area contributed by atoms with Crippen molar-refractivity contribution in [1.82, 2.24) is 5.01 Å². The molecule has 0 saturated carbocycles. The predicted octanol–water partition coefficient (Wildman–Crippen LogP) is 3.59. The molecule has 1 atom stereocenters. The number of amides is 2. The van der Waals surface area contributed by atoms with E-state index in [1.807, 2.05) is 6.07 Å². The van der Waals surface area contributed by atoms with Crippen LogP contribution in [0.2, 0.25) is 0 Å². The first-order valence-corrected chi connectivity index (χ1v) is 9.14. The van der Waals surface area contributed by atoms with Gasteiger partial charge in [-0.25, -0.2) is 9.40 Å². The van der Waals surface area contributed by atoms with Gasteiger partial charge >= 0.3 is 0 Å². The average molecular weight is 390 g/mol. The number of para-hydroxylation sites is 1. The molecule has 2 heterocycles. The molecule has 0 bridgehead atoms. The Bertz CT molecular complexity index is 1100. The third kappa shape index (κ3) is 2.77. The van der Waals surface area contributed by atoms with Crippen molar-refractivity contribution in [2.75, 3.05) is 5.01 Å². The molecule has 2 aromatic rings. The number of hydrazone groups is 2. The van der Waals surface area contributed by atoms with Crippen LogP contribution in [0.25, 0.3) is 0 Å². The summed E-state index contributed by atoms with van der Waals surface area (Å²) in [5, 5.41) is 11.1. The zero-order chi connectivity index (χ0) is 20.8. The summed E-state index contributed by atoms with van der Waals surface area (Å²) in [4.78, 5) is 26.8. The molecule has 6 nitrogen and oxygen atoms in total.